The van der Waals surface area contributed by atoms with Crippen molar-refractivity contribution in [3.8, 4) is 0 Å². The minimum absolute atomic E-state index is 0.0363. The molecular weight excluding hydrogens is 344 g/mol. The molecule has 0 fully saturated rings. The number of hydrogen-bond acceptors (Lipinski definition) is 4. The first-order chi connectivity index (χ1) is 12.7. The summed E-state index contributed by atoms with van der Waals surface area (Å²) in [5.74, 6) is -0.0343. The lowest BCUT2D eigenvalue weighted by atomic mass is 9.88. The van der Waals surface area contributed by atoms with E-state index in [0.29, 0.717) is 41.0 Å². The van der Waals surface area contributed by atoms with Crippen molar-refractivity contribution in [3.63, 3.8) is 0 Å². The van der Waals surface area contributed by atoms with Crippen molar-refractivity contribution in [2.75, 3.05) is 0 Å². The van der Waals surface area contributed by atoms with Gasteiger partial charge in [0.05, 0.1) is 11.3 Å². The minimum Gasteiger partial charge on any atom is -0.319 e. The average Bonchev–Trinajstić information content (AvgIpc) is 2.59. The standard InChI is InChI=1S/C21H26N2O4/c1-6-7-12(2)8-15-10-18(26)23(5)14(4)20(15)21(27)19-13(3)9-17(25)22-16(19)11-24/h9-12H,6-8H2,1-5H3,(H,22,25). The van der Waals surface area contributed by atoms with Gasteiger partial charge in [-0.05, 0) is 37.3 Å². The first-order valence-corrected chi connectivity index (χ1v) is 9.14. The molecule has 2 aromatic heterocycles. The molecule has 0 saturated carbocycles. The van der Waals surface area contributed by atoms with Gasteiger partial charge in [0, 0.05) is 30.4 Å². The monoisotopic (exact) mass is 370 g/mol. The van der Waals surface area contributed by atoms with Crippen molar-refractivity contribution in [3.05, 3.63) is 66.5 Å². The summed E-state index contributed by atoms with van der Waals surface area (Å²) in [6.45, 7) is 7.54. The van der Waals surface area contributed by atoms with Crippen molar-refractivity contribution in [2.45, 2.75) is 47.0 Å². The van der Waals surface area contributed by atoms with Crippen LogP contribution in [-0.2, 0) is 13.5 Å². The number of aldehydes is 1. The second kappa shape index (κ2) is 8.29. The number of H-pyrrole nitrogens is 1. The predicted octanol–water partition coefficient (Wildman–Crippen LogP) is 2.71. The molecule has 0 aliphatic carbocycles. The van der Waals surface area contributed by atoms with Crippen LogP contribution in [0.15, 0.2) is 21.7 Å². The van der Waals surface area contributed by atoms with Crippen LogP contribution in [0.4, 0.5) is 0 Å². The number of aromatic amines is 1. The van der Waals surface area contributed by atoms with Gasteiger partial charge in [-0.2, -0.15) is 0 Å². The van der Waals surface area contributed by atoms with E-state index >= 15 is 0 Å². The van der Waals surface area contributed by atoms with E-state index in [9.17, 15) is 19.2 Å². The molecule has 1 unspecified atom stereocenters. The number of carbonyl (C=O) groups excluding carboxylic acids is 2. The molecule has 6 heteroatoms. The molecule has 0 aliphatic rings. The number of nitrogens with zero attached hydrogens (tertiary/aromatic N) is 1. The third-order valence-electron chi connectivity index (χ3n) is 5.01. The number of nitrogens with one attached hydrogen (secondary N) is 1. The van der Waals surface area contributed by atoms with Crippen LogP contribution in [0.2, 0.25) is 0 Å². The highest BCUT2D eigenvalue weighted by molar-refractivity contribution is 6.14. The van der Waals surface area contributed by atoms with Crippen LogP contribution in [0.25, 0.3) is 0 Å². The summed E-state index contributed by atoms with van der Waals surface area (Å²) in [6, 6.07) is 2.81. The molecule has 0 aliphatic heterocycles. The Hall–Kier alpha value is -2.76. The van der Waals surface area contributed by atoms with Crippen LogP contribution in [0.1, 0.15) is 69.9 Å². The van der Waals surface area contributed by atoms with Crippen LogP contribution in [-0.4, -0.2) is 21.6 Å². The summed E-state index contributed by atoms with van der Waals surface area (Å²) in [4.78, 5) is 51.2. The van der Waals surface area contributed by atoms with Crippen LogP contribution in [0.3, 0.4) is 0 Å². The van der Waals surface area contributed by atoms with E-state index in [1.807, 2.05) is 0 Å². The van der Waals surface area contributed by atoms with E-state index in [2.05, 4.69) is 18.8 Å². The topological polar surface area (TPSA) is 89.0 Å². The SMILES string of the molecule is CCCC(C)Cc1cc(=O)n(C)c(C)c1C(=O)c1c(C)cc(=O)[nH]c1C=O. The van der Waals surface area contributed by atoms with Gasteiger partial charge in [0.15, 0.2) is 12.1 Å². The number of carbonyl (C=O) groups is 2. The van der Waals surface area contributed by atoms with E-state index in [-0.39, 0.29) is 22.6 Å². The van der Waals surface area contributed by atoms with Gasteiger partial charge in [-0.25, -0.2) is 0 Å². The number of pyridine rings is 2. The largest absolute Gasteiger partial charge is 0.319 e. The fourth-order valence-corrected chi connectivity index (χ4v) is 3.55. The lowest BCUT2D eigenvalue weighted by Gasteiger charge is -2.18. The average molecular weight is 370 g/mol. The van der Waals surface area contributed by atoms with Crippen LogP contribution >= 0.6 is 0 Å². The molecule has 0 aromatic carbocycles. The summed E-state index contributed by atoms with van der Waals surface area (Å²) >= 11 is 0. The van der Waals surface area contributed by atoms with Gasteiger partial charge < -0.3 is 9.55 Å². The summed E-state index contributed by atoms with van der Waals surface area (Å²) in [5, 5.41) is 0. The first-order valence-electron chi connectivity index (χ1n) is 9.14. The molecule has 144 valence electrons. The Morgan fingerprint density at radius 3 is 2.48 bits per heavy atom. The molecule has 2 heterocycles. The molecule has 2 rings (SSSR count). The van der Waals surface area contributed by atoms with Crippen molar-refractivity contribution in [1.29, 1.82) is 0 Å². The predicted molar refractivity (Wildman–Crippen MR) is 105 cm³/mol. The molecule has 0 radical (unpaired) electrons. The van der Waals surface area contributed by atoms with Crippen molar-refractivity contribution in [1.82, 2.24) is 9.55 Å². The zero-order valence-corrected chi connectivity index (χ0v) is 16.5. The van der Waals surface area contributed by atoms with Crippen molar-refractivity contribution in [2.24, 2.45) is 13.0 Å². The highest BCUT2D eigenvalue weighted by Gasteiger charge is 2.24. The molecule has 1 atom stereocenters. The molecular formula is C21H26N2O4. The van der Waals surface area contributed by atoms with Gasteiger partial charge in [-0.1, -0.05) is 26.7 Å². The fourth-order valence-electron chi connectivity index (χ4n) is 3.55. The van der Waals surface area contributed by atoms with Gasteiger partial charge in [-0.3, -0.25) is 19.2 Å². The Bertz CT molecular complexity index is 998. The minimum atomic E-state index is -0.430. The van der Waals surface area contributed by atoms with Gasteiger partial charge in [0.2, 0.25) is 5.56 Å². The third kappa shape index (κ3) is 4.15. The Kier molecular flexibility index (Phi) is 6.31. The van der Waals surface area contributed by atoms with Gasteiger partial charge in [-0.15, -0.1) is 0 Å². The summed E-state index contributed by atoms with van der Waals surface area (Å²) in [6.07, 6.45) is 3.09. The van der Waals surface area contributed by atoms with Gasteiger partial charge >= 0.3 is 0 Å². The van der Waals surface area contributed by atoms with E-state index in [1.165, 1.54) is 16.7 Å². The molecule has 0 amide bonds. The van der Waals surface area contributed by atoms with Crippen LogP contribution < -0.4 is 11.1 Å². The second-order valence-corrected chi connectivity index (χ2v) is 7.18. The smallest absolute Gasteiger partial charge is 0.250 e. The number of aromatic nitrogens is 2. The fraction of sp³-hybridized carbons (Fsp3) is 0.429. The second-order valence-electron chi connectivity index (χ2n) is 7.18. The number of aryl methyl sites for hydroxylation is 1. The quantitative estimate of drug-likeness (QED) is 0.599. The maximum atomic E-state index is 13.4. The normalized spacial score (nSPS) is 12.0. The molecule has 6 nitrogen and oxygen atoms in total. The van der Waals surface area contributed by atoms with Gasteiger partial charge in [0.1, 0.15) is 0 Å². The lowest BCUT2D eigenvalue weighted by Crippen LogP contribution is -2.26. The van der Waals surface area contributed by atoms with Crippen LogP contribution in [0, 0.1) is 19.8 Å². The number of ketones is 1. The Morgan fingerprint density at radius 1 is 1.22 bits per heavy atom. The number of rotatable bonds is 7. The van der Waals surface area contributed by atoms with Crippen molar-refractivity contribution < 1.29 is 9.59 Å². The Morgan fingerprint density at radius 2 is 1.89 bits per heavy atom. The van der Waals surface area contributed by atoms with E-state index in [0.717, 1.165) is 12.8 Å². The van der Waals surface area contributed by atoms with Crippen LogP contribution in [0.5, 0.6) is 0 Å². The highest BCUT2D eigenvalue weighted by Crippen LogP contribution is 2.23. The first kappa shape index (κ1) is 20.6. The lowest BCUT2D eigenvalue weighted by molar-refractivity contribution is 0.102. The van der Waals surface area contributed by atoms with E-state index < -0.39 is 5.56 Å². The molecule has 0 spiro atoms. The third-order valence-corrected chi connectivity index (χ3v) is 5.01. The van der Waals surface area contributed by atoms with E-state index in [4.69, 9.17) is 0 Å². The zero-order chi connectivity index (χ0) is 20.3. The summed E-state index contributed by atoms with van der Waals surface area (Å²) in [5.41, 5.74) is 1.64. The zero-order valence-electron chi connectivity index (χ0n) is 16.5. The maximum Gasteiger partial charge on any atom is 0.250 e. The molecule has 27 heavy (non-hydrogen) atoms. The maximum absolute atomic E-state index is 13.4. The summed E-state index contributed by atoms with van der Waals surface area (Å²) < 4.78 is 1.43. The Balaban J connectivity index is 2.72. The highest BCUT2D eigenvalue weighted by atomic mass is 16.1. The molecule has 1 N–H and O–H groups in total. The molecule has 0 saturated heterocycles. The van der Waals surface area contributed by atoms with Gasteiger partial charge in [0.25, 0.3) is 5.56 Å². The summed E-state index contributed by atoms with van der Waals surface area (Å²) in [7, 11) is 1.62. The number of hydrogen-bond donors (Lipinski definition) is 1. The molecule has 2 aromatic rings. The van der Waals surface area contributed by atoms with E-state index in [1.54, 1.807) is 20.9 Å². The Labute approximate surface area is 158 Å². The van der Waals surface area contributed by atoms with Crippen molar-refractivity contribution >= 4 is 12.1 Å². The molecule has 0 bridgehead atoms.